The number of hydrogen-bond donors (Lipinski definition) is 2. The maximum absolute atomic E-state index is 15.1. The average molecular weight is 663 g/mol. The second-order valence-corrected chi connectivity index (χ2v) is 15.5. The number of fused-ring (bicyclic) bond motifs is 2. The van der Waals surface area contributed by atoms with E-state index < -0.39 is 11.4 Å². The summed E-state index contributed by atoms with van der Waals surface area (Å²) >= 11 is 0. The summed E-state index contributed by atoms with van der Waals surface area (Å²) in [5.74, 6) is -0.0825. The Bertz CT molecular complexity index is 1360. The van der Waals surface area contributed by atoms with E-state index in [1.165, 1.54) is 44.2 Å². The zero-order chi connectivity index (χ0) is 33.3. The van der Waals surface area contributed by atoms with Gasteiger partial charge in [-0.1, -0.05) is 44.4 Å². The molecule has 6 aliphatic rings. The van der Waals surface area contributed by atoms with Gasteiger partial charge in [-0.05, 0) is 82.7 Å². The quantitative estimate of drug-likeness (QED) is 0.314. The second-order valence-electron chi connectivity index (χ2n) is 15.5. The van der Waals surface area contributed by atoms with E-state index in [0.717, 1.165) is 63.5 Å². The van der Waals surface area contributed by atoms with Crippen molar-refractivity contribution in [2.45, 2.75) is 126 Å². The Balaban J connectivity index is 1.22. The van der Waals surface area contributed by atoms with Gasteiger partial charge in [0.25, 0.3) is 0 Å². The molecule has 0 aromatic heterocycles. The number of likely N-dealkylation sites (N-methyl/N-ethyl adjacent to an activating group) is 1. The molecule has 10 heteroatoms. The van der Waals surface area contributed by atoms with Crippen LogP contribution in [0.3, 0.4) is 0 Å². The zero-order valence-electron chi connectivity index (χ0n) is 28.8. The Kier molecular flexibility index (Phi) is 10.1. The molecule has 1 aromatic carbocycles. The molecule has 0 bridgehead atoms. The van der Waals surface area contributed by atoms with Crippen molar-refractivity contribution < 1.29 is 18.7 Å². The highest BCUT2D eigenvalue weighted by molar-refractivity contribution is 5.87. The molecule has 48 heavy (non-hydrogen) atoms. The van der Waals surface area contributed by atoms with E-state index in [9.17, 15) is 10.1 Å². The lowest BCUT2D eigenvalue weighted by Crippen LogP contribution is -2.80. The number of hydrogen-bond acceptors (Lipinski definition) is 8. The van der Waals surface area contributed by atoms with E-state index in [1.54, 1.807) is 6.07 Å². The molecule has 2 saturated carbocycles. The van der Waals surface area contributed by atoms with Gasteiger partial charge < -0.3 is 19.3 Å². The molecule has 1 amide bonds. The van der Waals surface area contributed by atoms with Crippen LogP contribution in [0, 0.1) is 29.0 Å². The molecule has 9 nitrogen and oxygen atoms in total. The number of ether oxygens (including phenoxy) is 2. The largest absolute Gasteiger partial charge is 0.484 e. The molecular formula is C38H55FN6O3. The lowest BCUT2D eigenvalue weighted by molar-refractivity contribution is -0.212. The minimum Gasteiger partial charge on any atom is -0.484 e. The molecular weight excluding hydrogens is 607 g/mol. The van der Waals surface area contributed by atoms with E-state index in [-0.39, 0.29) is 42.3 Å². The Morgan fingerprint density at radius 3 is 2.69 bits per heavy atom. The number of likely N-dealkylation sites (tertiary alicyclic amines) is 1. The van der Waals surface area contributed by atoms with Crippen molar-refractivity contribution in [3.63, 3.8) is 0 Å². The van der Waals surface area contributed by atoms with Gasteiger partial charge in [0.2, 0.25) is 5.91 Å². The number of nitrogens with zero attached hydrogens (tertiary/aromatic N) is 4. The lowest BCUT2D eigenvalue weighted by atomic mass is 9.69. The molecule has 4 aliphatic heterocycles. The normalized spacial score (nSPS) is 36.4. The predicted octanol–water partition coefficient (Wildman–Crippen LogP) is 4.92. The molecule has 2 aliphatic carbocycles. The molecule has 1 spiro atoms. The topological polar surface area (TPSA) is 93.1 Å². The summed E-state index contributed by atoms with van der Waals surface area (Å²) in [5, 5.41) is 18.1. The summed E-state index contributed by atoms with van der Waals surface area (Å²) in [6.07, 6.45) is 15.4. The zero-order valence-corrected chi connectivity index (χ0v) is 28.8. The summed E-state index contributed by atoms with van der Waals surface area (Å²) in [4.78, 5) is 19.6. The van der Waals surface area contributed by atoms with Gasteiger partial charge in [0.15, 0.2) is 17.4 Å². The fourth-order valence-corrected chi connectivity index (χ4v) is 10.0. The fourth-order valence-electron chi connectivity index (χ4n) is 10.0. The van der Waals surface area contributed by atoms with Crippen LogP contribution in [0.1, 0.15) is 89.0 Å². The molecule has 6 unspecified atom stereocenters. The van der Waals surface area contributed by atoms with Gasteiger partial charge in [0.05, 0.1) is 31.3 Å². The lowest BCUT2D eigenvalue weighted by Gasteiger charge is -2.60. The van der Waals surface area contributed by atoms with E-state index in [2.05, 4.69) is 40.1 Å². The smallest absolute Gasteiger partial charge is 0.246 e. The SMILES string of the molecule is C=CC(=O)N1CCN(C2NC(OCC3CCCN3C)(C3CCCCCC3)NC3C[C@]4(CCc5cccc(F)c5O4)CCC32)CC1CC#N. The van der Waals surface area contributed by atoms with Crippen molar-refractivity contribution in [1.29, 1.82) is 5.26 Å². The summed E-state index contributed by atoms with van der Waals surface area (Å²) < 4.78 is 29.1. The molecule has 7 atom stereocenters. The summed E-state index contributed by atoms with van der Waals surface area (Å²) in [6.45, 7) is 7.40. The van der Waals surface area contributed by atoms with Crippen molar-refractivity contribution in [1.82, 2.24) is 25.3 Å². The van der Waals surface area contributed by atoms with E-state index in [1.807, 2.05) is 11.0 Å². The highest BCUT2D eigenvalue weighted by Crippen LogP contribution is 2.48. The number of carbonyl (C=O) groups is 1. The number of aryl methyl sites for hydroxylation is 1. The first-order chi connectivity index (χ1) is 23.3. The van der Waals surface area contributed by atoms with Crippen LogP contribution in [0.2, 0.25) is 0 Å². The summed E-state index contributed by atoms with van der Waals surface area (Å²) in [6, 6.07) is 7.94. The molecule has 262 valence electrons. The molecule has 7 rings (SSSR count). The van der Waals surface area contributed by atoms with Gasteiger partial charge in [-0.15, -0.1) is 0 Å². The van der Waals surface area contributed by atoms with Crippen LogP contribution in [0.15, 0.2) is 30.9 Å². The predicted molar refractivity (Wildman–Crippen MR) is 182 cm³/mol. The minimum absolute atomic E-state index is 0.00736. The van der Waals surface area contributed by atoms with Crippen LogP contribution in [0.4, 0.5) is 4.39 Å². The van der Waals surface area contributed by atoms with Crippen molar-refractivity contribution in [2.75, 3.05) is 39.8 Å². The third-order valence-electron chi connectivity index (χ3n) is 12.7. The third kappa shape index (κ3) is 6.66. The first-order valence-electron chi connectivity index (χ1n) is 18.7. The van der Waals surface area contributed by atoms with Crippen LogP contribution >= 0.6 is 0 Å². The van der Waals surface area contributed by atoms with Gasteiger partial charge in [0.1, 0.15) is 5.60 Å². The molecule has 1 aromatic rings. The van der Waals surface area contributed by atoms with Gasteiger partial charge >= 0.3 is 0 Å². The van der Waals surface area contributed by atoms with E-state index in [4.69, 9.17) is 9.47 Å². The van der Waals surface area contributed by atoms with E-state index in [0.29, 0.717) is 44.0 Å². The molecule has 3 saturated heterocycles. The minimum atomic E-state index is -0.714. The number of nitrogens with one attached hydrogen (secondary N) is 2. The molecule has 5 fully saturated rings. The summed E-state index contributed by atoms with van der Waals surface area (Å²) in [5.41, 5.74) is 0.538. The average Bonchev–Trinajstić information content (AvgIpc) is 3.31. The Labute approximate surface area is 286 Å². The Hall–Kier alpha value is -2.55. The maximum atomic E-state index is 15.1. The number of para-hydroxylation sites is 1. The van der Waals surface area contributed by atoms with Crippen LogP contribution < -0.4 is 15.4 Å². The van der Waals surface area contributed by atoms with Crippen LogP contribution in [-0.4, -0.2) is 96.2 Å². The van der Waals surface area contributed by atoms with E-state index >= 15 is 4.39 Å². The summed E-state index contributed by atoms with van der Waals surface area (Å²) in [7, 11) is 2.21. The van der Waals surface area contributed by atoms with Crippen LogP contribution in [0.25, 0.3) is 0 Å². The molecule has 0 radical (unpaired) electrons. The third-order valence-corrected chi connectivity index (χ3v) is 12.7. The number of piperazine rings is 1. The number of amides is 1. The Morgan fingerprint density at radius 1 is 1.10 bits per heavy atom. The van der Waals surface area contributed by atoms with Gasteiger partial charge in [-0.3, -0.25) is 20.3 Å². The fraction of sp³-hybridized carbons (Fsp3) is 0.737. The number of rotatable bonds is 7. The number of nitriles is 1. The Morgan fingerprint density at radius 2 is 1.94 bits per heavy atom. The highest BCUT2D eigenvalue weighted by Gasteiger charge is 2.57. The molecule has 4 heterocycles. The van der Waals surface area contributed by atoms with Crippen LogP contribution in [0.5, 0.6) is 5.75 Å². The van der Waals surface area contributed by atoms with Gasteiger partial charge in [0, 0.05) is 50.0 Å². The number of carbonyl (C=O) groups excluding carboxylic acids is 1. The highest BCUT2D eigenvalue weighted by atomic mass is 19.1. The van der Waals surface area contributed by atoms with Gasteiger partial charge in [-0.25, -0.2) is 4.39 Å². The number of halogens is 1. The second kappa shape index (κ2) is 14.4. The standard InChI is InChI=1S/C38H55FN6O3/c1-3-34(46)45-23-22-44(25-29(45)17-20-40)36-31-16-19-37(18-15-27-10-8-14-32(39)35(27)48-37)24-33(31)41-38(42-36,28-11-6-4-5-7-12-28)47-26-30-13-9-21-43(30)2/h3,8,10,14,28-31,33,36,41-42H,1,4-7,9,11-13,15-19,21-26H2,2H3/t29?,30?,31?,33?,36?,37-,38?/m0/s1. The first kappa shape index (κ1) is 33.9. The maximum Gasteiger partial charge on any atom is 0.246 e. The van der Waals surface area contributed by atoms with Crippen molar-refractivity contribution in [2.24, 2.45) is 11.8 Å². The molecule has 2 N–H and O–H groups in total. The van der Waals surface area contributed by atoms with Crippen LogP contribution in [-0.2, 0) is 16.0 Å². The first-order valence-corrected chi connectivity index (χ1v) is 18.7. The van der Waals surface area contributed by atoms with Crippen molar-refractivity contribution in [3.05, 3.63) is 42.2 Å². The van der Waals surface area contributed by atoms with Gasteiger partial charge in [-0.2, -0.15) is 5.26 Å². The number of benzene rings is 1. The van der Waals surface area contributed by atoms with Crippen molar-refractivity contribution in [3.8, 4) is 11.8 Å². The monoisotopic (exact) mass is 662 g/mol. The van der Waals surface area contributed by atoms with Crippen molar-refractivity contribution >= 4 is 5.91 Å².